The number of nitrogens with zero attached hydrogens (tertiary/aromatic N) is 1. The van der Waals surface area contributed by atoms with E-state index in [1.165, 1.54) is 6.92 Å². The highest BCUT2D eigenvalue weighted by Gasteiger charge is 2.24. The van der Waals surface area contributed by atoms with Crippen molar-refractivity contribution in [2.24, 2.45) is 0 Å². The maximum Gasteiger partial charge on any atom is 0.305 e. The van der Waals surface area contributed by atoms with Gasteiger partial charge >= 0.3 is 5.97 Å². The lowest BCUT2D eigenvalue weighted by Crippen LogP contribution is -2.35. The molecule has 0 amide bonds. The number of halogens is 2. The molecule has 0 aliphatic rings. The lowest BCUT2D eigenvalue weighted by Gasteiger charge is -2.23. The predicted molar refractivity (Wildman–Crippen MR) is 65.4 cm³/mol. The summed E-state index contributed by atoms with van der Waals surface area (Å²) in [6.45, 7) is 0.943. The van der Waals surface area contributed by atoms with E-state index in [1.807, 2.05) is 0 Å². The van der Waals surface area contributed by atoms with Gasteiger partial charge in [-0.1, -0.05) is 0 Å². The van der Waals surface area contributed by atoms with Gasteiger partial charge in [-0.2, -0.15) is 0 Å². The van der Waals surface area contributed by atoms with Crippen molar-refractivity contribution >= 4 is 21.7 Å². The molecule has 8 heteroatoms. The fourth-order valence-electron chi connectivity index (χ4n) is 1.45. The van der Waals surface area contributed by atoms with Crippen molar-refractivity contribution in [2.75, 3.05) is 16.6 Å². The molecule has 1 aromatic rings. The second-order valence-corrected chi connectivity index (χ2v) is 5.89. The minimum absolute atomic E-state index is 0.316. The number of anilines is 1. The maximum atomic E-state index is 13.6. The molecule has 0 saturated heterocycles. The zero-order valence-electron chi connectivity index (χ0n) is 10.1. The number of rotatable bonds is 6. The number of carbonyl (C=O) groups is 1. The predicted octanol–water partition coefficient (Wildman–Crippen LogP) is 1.60. The highest BCUT2D eigenvalue weighted by Crippen LogP contribution is 2.23. The summed E-state index contributed by atoms with van der Waals surface area (Å²) in [6.07, 6.45) is -0.476. The number of hydrogen-bond acceptors (Lipinski definition) is 3. The quantitative estimate of drug-likeness (QED) is 0.864. The molecule has 1 N–H and O–H groups in total. The van der Waals surface area contributed by atoms with Crippen LogP contribution in [0.15, 0.2) is 18.2 Å². The van der Waals surface area contributed by atoms with E-state index in [9.17, 15) is 22.0 Å². The van der Waals surface area contributed by atoms with E-state index in [1.54, 1.807) is 0 Å². The number of benzene rings is 1. The minimum atomic E-state index is -3.84. The van der Waals surface area contributed by atoms with Crippen LogP contribution in [0.4, 0.5) is 14.5 Å². The van der Waals surface area contributed by atoms with E-state index in [0.717, 1.165) is 12.1 Å². The molecule has 0 radical (unpaired) electrons. The van der Waals surface area contributed by atoms with Gasteiger partial charge in [-0.25, -0.2) is 17.2 Å². The number of carboxylic acid groups (broad SMARTS) is 1. The van der Waals surface area contributed by atoms with Gasteiger partial charge in [0.2, 0.25) is 10.0 Å². The van der Waals surface area contributed by atoms with Crippen molar-refractivity contribution in [3.05, 3.63) is 29.8 Å². The van der Waals surface area contributed by atoms with Crippen molar-refractivity contribution in [3.8, 4) is 0 Å². The fourth-order valence-corrected chi connectivity index (χ4v) is 2.57. The molecule has 0 aromatic heterocycles. The first kappa shape index (κ1) is 15.4. The summed E-state index contributed by atoms with van der Waals surface area (Å²) in [7, 11) is -3.84. The smallest absolute Gasteiger partial charge is 0.305 e. The SMILES string of the molecule is CCS(=O)(=O)N(CCC(=O)O)c1ccc(F)cc1F. The fraction of sp³-hybridized carbons (Fsp3) is 0.364. The van der Waals surface area contributed by atoms with Crippen LogP contribution in [0.25, 0.3) is 0 Å². The van der Waals surface area contributed by atoms with Crippen LogP contribution in [0.1, 0.15) is 13.3 Å². The first-order chi connectivity index (χ1) is 8.77. The zero-order valence-corrected chi connectivity index (χ0v) is 11.0. The summed E-state index contributed by atoms with van der Waals surface area (Å²) in [5, 5.41) is 8.59. The summed E-state index contributed by atoms with van der Waals surface area (Å²) in [5.74, 6) is -3.42. The molecular formula is C11H13F2NO4S. The van der Waals surface area contributed by atoms with E-state index in [4.69, 9.17) is 5.11 Å². The Balaban J connectivity index is 3.19. The van der Waals surface area contributed by atoms with Crippen molar-refractivity contribution in [3.63, 3.8) is 0 Å². The molecule has 0 fully saturated rings. The van der Waals surface area contributed by atoms with Gasteiger partial charge in [-0.05, 0) is 19.1 Å². The van der Waals surface area contributed by atoms with Gasteiger partial charge in [-0.15, -0.1) is 0 Å². The first-order valence-electron chi connectivity index (χ1n) is 5.45. The summed E-state index contributed by atoms with van der Waals surface area (Å²) >= 11 is 0. The largest absolute Gasteiger partial charge is 0.481 e. The van der Waals surface area contributed by atoms with Crippen LogP contribution in [0.5, 0.6) is 0 Å². The van der Waals surface area contributed by atoms with Gasteiger partial charge in [-0.3, -0.25) is 9.10 Å². The van der Waals surface area contributed by atoms with Crippen molar-refractivity contribution in [1.82, 2.24) is 0 Å². The van der Waals surface area contributed by atoms with Gasteiger partial charge in [0.25, 0.3) is 0 Å². The Morgan fingerprint density at radius 2 is 2.00 bits per heavy atom. The average molecular weight is 293 g/mol. The van der Waals surface area contributed by atoms with E-state index in [0.29, 0.717) is 10.4 Å². The minimum Gasteiger partial charge on any atom is -0.481 e. The molecule has 0 bridgehead atoms. The van der Waals surface area contributed by atoms with Gasteiger partial charge in [0.05, 0.1) is 17.9 Å². The molecule has 0 aliphatic heterocycles. The zero-order chi connectivity index (χ0) is 14.6. The average Bonchev–Trinajstić information content (AvgIpc) is 2.31. The van der Waals surface area contributed by atoms with Crippen LogP contribution in [0.3, 0.4) is 0 Å². The lowest BCUT2D eigenvalue weighted by atomic mass is 10.3. The number of sulfonamides is 1. The van der Waals surface area contributed by atoms with Crippen LogP contribution in [0, 0.1) is 11.6 Å². The van der Waals surface area contributed by atoms with Crippen molar-refractivity contribution < 1.29 is 27.1 Å². The molecule has 1 aromatic carbocycles. The second kappa shape index (κ2) is 5.96. The number of aliphatic carboxylic acids is 1. The van der Waals surface area contributed by atoms with Gasteiger partial charge in [0, 0.05) is 12.6 Å². The molecule has 0 spiro atoms. The van der Waals surface area contributed by atoms with Crippen molar-refractivity contribution in [1.29, 1.82) is 0 Å². The molecule has 0 heterocycles. The molecule has 1 rings (SSSR count). The highest BCUT2D eigenvalue weighted by molar-refractivity contribution is 7.92. The summed E-state index contributed by atoms with van der Waals surface area (Å²) in [6, 6.07) is 2.44. The standard InChI is InChI=1S/C11H13F2NO4S/c1-2-19(17,18)14(6-5-11(15)16)10-4-3-8(12)7-9(10)13/h3-4,7H,2,5-6H2,1H3,(H,15,16). The Labute approximate surface area is 109 Å². The van der Waals surface area contributed by atoms with Crippen LogP contribution >= 0.6 is 0 Å². The monoisotopic (exact) mass is 293 g/mol. The molecule has 0 aliphatic carbocycles. The number of carboxylic acids is 1. The summed E-state index contributed by atoms with van der Waals surface area (Å²) in [4.78, 5) is 10.5. The van der Waals surface area contributed by atoms with Crippen LogP contribution in [-0.4, -0.2) is 31.8 Å². The van der Waals surface area contributed by atoms with Crippen molar-refractivity contribution in [2.45, 2.75) is 13.3 Å². The highest BCUT2D eigenvalue weighted by atomic mass is 32.2. The van der Waals surface area contributed by atoms with Gasteiger partial charge in [0.1, 0.15) is 11.6 Å². The van der Waals surface area contributed by atoms with Crippen LogP contribution < -0.4 is 4.31 Å². The lowest BCUT2D eigenvalue weighted by molar-refractivity contribution is -0.136. The first-order valence-corrected chi connectivity index (χ1v) is 7.06. The molecule has 0 atom stereocenters. The van der Waals surface area contributed by atoms with Crippen LogP contribution in [0.2, 0.25) is 0 Å². The third-order valence-electron chi connectivity index (χ3n) is 2.41. The van der Waals surface area contributed by atoms with Crippen LogP contribution in [-0.2, 0) is 14.8 Å². The Morgan fingerprint density at radius 3 is 2.47 bits per heavy atom. The third-order valence-corrected chi connectivity index (χ3v) is 4.19. The molecular weight excluding hydrogens is 280 g/mol. The van der Waals surface area contributed by atoms with Gasteiger partial charge < -0.3 is 5.11 Å². The van der Waals surface area contributed by atoms with E-state index < -0.39 is 40.6 Å². The molecule has 0 unspecified atom stereocenters. The summed E-state index contributed by atoms with van der Waals surface area (Å²) < 4.78 is 50.7. The normalized spacial score (nSPS) is 11.3. The van der Waals surface area contributed by atoms with E-state index in [2.05, 4.69) is 0 Å². The Kier molecular flexibility index (Phi) is 4.82. The summed E-state index contributed by atoms with van der Waals surface area (Å²) in [5.41, 5.74) is -0.357. The van der Waals surface area contributed by atoms with E-state index in [-0.39, 0.29) is 11.4 Å². The maximum absolute atomic E-state index is 13.6. The Morgan fingerprint density at radius 1 is 1.37 bits per heavy atom. The van der Waals surface area contributed by atoms with Gasteiger partial charge in [0.15, 0.2) is 0 Å². The Bertz CT molecular complexity index is 574. The second-order valence-electron chi connectivity index (χ2n) is 3.71. The van der Waals surface area contributed by atoms with E-state index >= 15 is 0 Å². The molecule has 5 nitrogen and oxygen atoms in total. The molecule has 106 valence electrons. The molecule has 19 heavy (non-hydrogen) atoms. The Hall–Kier alpha value is -1.70. The topological polar surface area (TPSA) is 74.7 Å². The third kappa shape index (κ3) is 3.88. The molecule has 0 saturated carbocycles. The number of hydrogen-bond donors (Lipinski definition) is 1.